The first-order chi connectivity index (χ1) is 12.5. The summed E-state index contributed by atoms with van der Waals surface area (Å²) in [6.07, 6.45) is 0. The molecule has 2 aromatic carbocycles. The molecule has 0 unspecified atom stereocenters. The molecular weight excluding hydrogens is 371 g/mol. The summed E-state index contributed by atoms with van der Waals surface area (Å²) >= 11 is 7.68. The maximum Gasteiger partial charge on any atom is 0.241 e. The van der Waals surface area contributed by atoms with Crippen LogP contribution < -0.4 is 10.6 Å². The van der Waals surface area contributed by atoms with Crippen LogP contribution in [0.25, 0.3) is 0 Å². The van der Waals surface area contributed by atoms with Gasteiger partial charge < -0.3 is 5.32 Å². The van der Waals surface area contributed by atoms with E-state index in [1.54, 1.807) is 48.6 Å². The van der Waals surface area contributed by atoms with Crippen LogP contribution in [0.15, 0.2) is 66.0 Å². The molecule has 2 N–H and O–H groups in total. The average Bonchev–Trinajstić information content (AvgIpc) is 3.16. The Hall–Kier alpha value is -2.21. The Kier molecular flexibility index (Phi) is 6.04. The Labute approximate surface area is 160 Å². The predicted octanol–water partition coefficient (Wildman–Crippen LogP) is 5.25. The van der Waals surface area contributed by atoms with E-state index in [-0.39, 0.29) is 17.8 Å². The second-order valence-corrected chi connectivity index (χ2v) is 7.24. The molecule has 2 atom stereocenters. The molecule has 0 spiro atoms. The number of para-hydroxylation sites is 1. The van der Waals surface area contributed by atoms with E-state index in [0.29, 0.717) is 10.7 Å². The van der Waals surface area contributed by atoms with Gasteiger partial charge in [0, 0.05) is 4.88 Å². The molecule has 0 aliphatic rings. The lowest BCUT2D eigenvalue weighted by Gasteiger charge is -2.23. The van der Waals surface area contributed by atoms with Gasteiger partial charge in [-0.15, -0.1) is 11.3 Å². The lowest BCUT2D eigenvalue weighted by atomic mass is 10.0. The van der Waals surface area contributed by atoms with Crippen molar-refractivity contribution in [2.75, 3.05) is 5.32 Å². The minimum Gasteiger partial charge on any atom is -0.323 e. The highest BCUT2D eigenvalue weighted by Crippen LogP contribution is 2.27. The van der Waals surface area contributed by atoms with Crippen LogP contribution in [0.5, 0.6) is 0 Å². The van der Waals surface area contributed by atoms with Crippen LogP contribution in [0.3, 0.4) is 0 Å². The number of rotatable bonds is 6. The van der Waals surface area contributed by atoms with Gasteiger partial charge in [-0.1, -0.05) is 41.9 Å². The number of hydrogen-bond donors (Lipinski definition) is 2. The van der Waals surface area contributed by atoms with E-state index in [2.05, 4.69) is 10.6 Å². The van der Waals surface area contributed by atoms with Crippen LogP contribution in [0.4, 0.5) is 10.1 Å². The average molecular weight is 389 g/mol. The van der Waals surface area contributed by atoms with Crippen molar-refractivity contribution >= 4 is 34.5 Å². The zero-order valence-corrected chi connectivity index (χ0v) is 15.7. The van der Waals surface area contributed by atoms with Crippen molar-refractivity contribution in [3.63, 3.8) is 0 Å². The second-order valence-electron chi connectivity index (χ2n) is 5.86. The summed E-state index contributed by atoms with van der Waals surface area (Å²) in [6, 6.07) is 16.6. The third-order valence-corrected chi connectivity index (χ3v) is 5.24. The zero-order chi connectivity index (χ0) is 18.5. The molecule has 1 heterocycles. The highest BCUT2D eigenvalue weighted by atomic mass is 35.5. The summed E-state index contributed by atoms with van der Waals surface area (Å²) in [5, 5.41) is 8.62. The molecule has 0 radical (unpaired) electrons. The summed E-state index contributed by atoms with van der Waals surface area (Å²) < 4.78 is 13.3. The Morgan fingerprint density at radius 2 is 1.81 bits per heavy atom. The summed E-state index contributed by atoms with van der Waals surface area (Å²) in [5.41, 5.74) is 1.47. The van der Waals surface area contributed by atoms with Crippen molar-refractivity contribution in [1.29, 1.82) is 0 Å². The lowest BCUT2D eigenvalue weighted by Crippen LogP contribution is -2.40. The number of halogens is 2. The van der Waals surface area contributed by atoms with Gasteiger partial charge in [0.2, 0.25) is 5.91 Å². The van der Waals surface area contributed by atoms with Gasteiger partial charge in [-0.2, -0.15) is 0 Å². The number of benzene rings is 2. The van der Waals surface area contributed by atoms with Crippen molar-refractivity contribution in [3.05, 3.63) is 87.3 Å². The first-order valence-corrected chi connectivity index (χ1v) is 9.40. The fourth-order valence-electron chi connectivity index (χ4n) is 2.58. The quantitative estimate of drug-likeness (QED) is 0.605. The summed E-state index contributed by atoms with van der Waals surface area (Å²) in [6.45, 7) is 1.79. The molecule has 0 bridgehead atoms. The van der Waals surface area contributed by atoms with Gasteiger partial charge in [0.25, 0.3) is 0 Å². The van der Waals surface area contributed by atoms with E-state index >= 15 is 0 Å². The van der Waals surface area contributed by atoms with Gasteiger partial charge in [-0.3, -0.25) is 10.1 Å². The van der Waals surface area contributed by atoms with Gasteiger partial charge in [0.1, 0.15) is 5.82 Å². The number of anilines is 1. The normalized spacial score (nSPS) is 13.2. The minimum atomic E-state index is -0.483. The van der Waals surface area contributed by atoms with Crippen LogP contribution >= 0.6 is 22.9 Å². The maximum atomic E-state index is 13.3. The largest absolute Gasteiger partial charge is 0.323 e. The Morgan fingerprint density at radius 3 is 2.46 bits per heavy atom. The third-order valence-electron chi connectivity index (χ3n) is 3.97. The number of nitrogens with one attached hydrogen (secondary N) is 2. The fourth-order valence-corrected chi connectivity index (χ4v) is 3.58. The molecule has 0 fully saturated rings. The molecule has 0 aliphatic heterocycles. The van der Waals surface area contributed by atoms with Crippen molar-refractivity contribution in [2.45, 2.75) is 19.0 Å². The molecule has 134 valence electrons. The number of carbonyl (C=O) groups is 1. The van der Waals surface area contributed by atoms with E-state index in [1.807, 2.05) is 23.6 Å². The van der Waals surface area contributed by atoms with Gasteiger partial charge in [-0.25, -0.2) is 4.39 Å². The third kappa shape index (κ3) is 4.49. The van der Waals surface area contributed by atoms with E-state index in [9.17, 15) is 9.18 Å². The highest BCUT2D eigenvalue weighted by molar-refractivity contribution is 7.10. The fraction of sp³-hybridized carbons (Fsp3) is 0.150. The Balaban J connectivity index is 1.77. The highest BCUT2D eigenvalue weighted by Gasteiger charge is 2.22. The molecule has 3 aromatic rings. The van der Waals surface area contributed by atoms with Gasteiger partial charge >= 0.3 is 0 Å². The van der Waals surface area contributed by atoms with Crippen molar-refractivity contribution < 1.29 is 9.18 Å². The molecular formula is C20H18ClFN2OS. The maximum absolute atomic E-state index is 13.3. The van der Waals surface area contributed by atoms with Crippen LogP contribution in [-0.4, -0.2) is 11.9 Å². The molecule has 0 aliphatic carbocycles. The number of amides is 1. The van der Waals surface area contributed by atoms with Crippen LogP contribution in [0, 0.1) is 5.82 Å². The minimum absolute atomic E-state index is 0.193. The molecule has 3 rings (SSSR count). The summed E-state index contributed by atoms with van der Waals surface area (Å²) in [4.78, 5) is 13.6. The Bertz CT molecular complexity index is 868. The number of hydrogen-bond acceptors (Lipinski definition) is 3. The van der Waals surface area contributed by atoms with Crippen molar-refractivity contribution in [3.8, 4) is 0 Å². The van der Waals surface area contributed by atoms with Crippen molar-refractivity contribution in [1.82, 2.24) is 5.32 Å². The number of carbonyl (C=O) groups excluding carboxylic acids is 1. The van der Waals surface area contributed by atoms with Crippen LogP contribution in [0.1, 0.15) is 23.4 Å². The molecule has 3 nitrogen and oxygen atoms in total. The molecule has 1 aromatic heterocycles. The second kappa shape index (κ2) is 8.45. The van der Waals surface area contributed by atoms with Gasteiger partial charge in [0.15, 0.2) is 0 Å². The number of thiophene rings is 1. The molecule has 6 heteroatoms. The Morgan fingerprint density at radius 1 is 1.08 bits per heavy atom. The predicted molar refractivity (Wildman–Crippen MR) is 105 cm³/mol. The van der Waals surface area contributed by atoms with E-state index in [1.165, 1.54) is 12.1 Å². The topological polar surface area (TPSA) is 41.1 Å². The van der Waals surface area contributed by atoms with E-state index in [4.69, 9.17) is 11.6 Å². The summed E-state index contributed by atoms with van der Waals surface area (Å²) in [5.74, 6) is -0.482. The first-order valence-electron chi connectivity index (χ1n) is 8.15. The van der Waals surface area contributed by atoms with E-state index < -0.39 is 6.04 Å². The molecule has 26 heavy (non-hydrogen) atoms. The van der Waals surface area contributed by atoms with Crippen LogP contribution in [0.2, 0.25) is 5.02 Å². The molecule has 0 saturated heterocycles. The first kappa shape index (κ1) is 18.6. The van der Waals surface area contributed by atoms with Crippen LogP contribution in [-0.2, 0) is 4.79 Å². The standard InChI is InChI=1S/C20H18ClFN2OS/c1-13(20(25)24-17-6-3-2-5-16(17)21)23-19(18-7-4-12-26-18)14-8-10-15(22)11-9-14/h2-13,19,23H,1H3,(H,24,25)/t13-,19-/m0/s1. The molecule has 0 saturated carbocycles. The summed E-state index contributed by atoms with van der Waals surface area (Å²) in [7, 11) is 0. The SMILES string of the molecule is C[C@H](N[C@@H](c1ccc(F)cc1)c1cccs1)C(=O)Nc1ccccc1Cl. The van der Waals surface area contributed by atoms with Gasteiger partial charge in [-0.05, 0) is 48.2 Å². The lowest BCUT2D eigenvalue weighted by molar-refractivity contribution is -0.117. The van der Waals surface area contributed by atoms with Crippen molar-refractivity contribution in [2.24, 2.45) is 0 Å². The van der Waals surface area contributed by atoms with Gasteiger partial charge in [0.05, 0.1) is 22.8 Å². The molecule has 1 amide bonds. The smallest absolute Gasteiger partial charge is 0.241 e. The van der Waals surface area contributed by atoms with E-state index in [0.717, 1.165) is 10.4 Å². The monoisotopic (exact) mass is 388 g/mol. The zero-order valence-electron chi connectivity index (χ0n) is 14.1.